The van der Waals surface area contributed by atoms with Crippen LogP contribution in [0.2, 0.25) is 5.02 Å². The lowest BCUT2D eigenvalue weighted by molar-refractivity contribution is -0.00222. The number of aromatic nitrogens is 3. The zero-order valence-corrected chi connectivity index (χ0v) is 13.5. The van der Waals surface area contributed by atoms with Crippen molar-refractivity contribution in [3.63, 3.8) is 0 Å². The second kappa shape index (κ2) is 6.55. The number of carbonyl (C=O) groups is 1. The fraction of sp³-hybridized carbons (Fsp3) is 0.400. The predicted molar refractivity (Wildman–Crippen MR) is 81.5 cm³/mol. The van der Waals surface area contributed by atoms with Crippen LogP contribution in [0.25, 0.3) is 0 Å². The highest BCUT2D eigenvalue weighted by Crippen LogP contribution is 2.32. The predicted octanol–water partition coefficient (Wildman–Crippen LogP) is 2.39. The molecule has 0 aliphatic carbocycles. The zero-order valence-electron chi connectivity index (χ0n) is 12.8. The molecule has 1 aromatic heterocycles. The summed E-state index contributed by atoms with van der Waals surface area (Å²) >= 11 is 6.22. The Labute approximate surface area is 138 Å². The highest BCUT2D eigenvalue weighted by molar-refractivity contribution is 6.32. The summed E-state index contributed by atoms with van der Waals surface area (Å²) < 4.78 is 17.6. The van der Waals surface area contributed by atoms with E-state index < -0.39 is 5.97 Å². The molecule has 0 saturated heterocycles. The molecule has 2 heterocycles. The standard InChI is InChI=1S/C15H16ClN3O4/c1-3-22-12-5-4-9(6-10(12)16)13-7-19-11(8-23-13)14(17-18-19)15(20)21-2/h4-6,13H,3,7-8H2,1-2H3/t13-/m0/s1. The number of halogens is 1. The quantitative estimate of drug-likeness (QED) is 0.797. The van der Waals surface area contributed by atoms with Gasteiger partial charge in [-0.15, -0.1) is 5.10 Å². The van der Waals surface area contributed by atoms with Crippen LogP contribution in [0.1, 0.15) is 34.8 Å². The van der Waals surface area contributed by atoms with Gasteiger partial charge in [0.15, 0.2) is 5.69 Å². The van der Waals surface area contributed by atoms with Crippen LogP contribution in [0.15, 0.2) is 18.2 Å². The summed E-state index contributed by atoms with van der Waals surface area (Å²) in [6.45, 7) is 3.13. The topological polar surface area (TPSA) is 75.5 Å². The normalized spacial score (nSPS) is 16.7. The lowest BCUT2D eigenvalue weighted by Gasteiger charge is -2.24. The van der Waals surface area contributed by atoms with Gasteiger partial charge in [-0.25, -0.2) is 9.48 Å². The van der Waals surface area contributed by atoms with Crippen molar-refractivity contribution in [1.29, 1.82) is 0 Å². The number of hydrogen-bond donors (Lipinski definition) is 0. The van der Waals surface area contributed by atoms with Crippen LogP contribution < -0.4 is 4.74 Å². The molecule has 7 nitrogen and oxygen atoms in total. The van der Waals surface area contributed by atoms with Gasteiger partial charge in [-0.3, -0.25) is 0 Å². The molecule has 3 rings (SSSR count). The number of benzene rings is 1. The largest absolute Gasteiger partial charge is 0.492 e. The molecule has 0 bridgehead atoms. The van der Waals surface area contributed by atoms with E-state index in [0.717, 1.165) is 5.56 Å². The monoisotopic (exact) mass is 337 g/mol. The fourth-order valence-electron chi connectivity index (χ4n) is 2.46. The number of esters is 1. The van der Waals surface area contributed by atoms with Crippen molar-refractivity contribution in [2.75, 3.05) is 13.7 Å². The molecular formula is C15H16ClN3O4. The molecule has 8 heteroatoms. The molecule has 122 valence electrons. The molecule has 1 aromatic carbocycles. The SMILES string of the molecule is CCOc1ccc([C@@H]2Cn3nnc(C(=O)OC)c3CO2)cc1Cl. The Hall–Kier alpha value is -2.12. The Morgan fingerprint density at radius 3 is 3.04 bits per heavy atom. The number of nitrogens with zero attached hydrogens (tertiary/aromatic N) is 3. The summed E-state index contributed by atoms with van der Waals surface area (Å²) in [5, 5.41) is 8.40. The van der Waals surface area contributed by atoms with Crippen LogP contribution >= 0.6 is 11.6 Å². The first kappa shape index (κ1) is 15.8. The maximum Gasteiger partial charge on any atom is 0.360 e. The molecular weight excluding hydrogens is 322 g/mol. The van der Waals surface area contributed by atoms with Crippen molar-refractivity contribution in [2.24, 2.45) is 0 Å². The number of carbonyl (C=O) groups excluding carboxylic acids is 1. The van der Waals surface area contributed by atoms with E-state index in [2.05, 4.69) is 15.0 Å². The average Bonchev–Trinajstić information content (AvgIpc) is 2.99. The molecule has 1 atom stereocenters. The molecule has 0 saturated carbocycles. The van der Waals surface area contributed by atoms with E-state index in [1.807, 2.05) is 25.1 Å². The molecule has 2 aromatic rings. The van der Waals surface area contributed by atoms with E-state index >= 15 is 0 Å². The minimum absolute atomic E-state index is 0.190. The Morgan fingerprint density at radius 1 is 1.52 bits per heavy atom. The lowest BCUT2D eigenvalue weighted by Crippen LogP contribution is -2.23. The summed E-state index contributed by atoms with van der Waals surface area (Å²) in [5.74, 6) is 0.126. The van der Waals surface area contributed by atoms with E-state index in [1.54, 1.807) is 4.68 Å². The van der Waals surface area contributed by atoms with Gasteiger partial charge >= 0.3 is 5.97 Å². The third-order valence-electron chi connectivity index (χ3n) is 3.60. The molecule has 0 radical (unpaired) electrons. The Bertz CT molecular complexity index is 732. The van der Waals surface area contributed by atoms with Gasteiger partial charge < -0.3 is 14.2 Å². The molecule has 0 N–H and O–H groups in total. The van der Waals surface area contributed by atoms with E-state index in [0.29, 0.717) is 29.6 Å². The number of rotatable bonds is 4. The molecule has 0 unspecified atom stereocenters. The van der Waals surface area contributed by atoms with Crippen molar-refractivity contribution < 1.29 is 19.0 Å². The van der Waals surface area contributed by atoms with Crippen LogP contribution in [0, 0.1) is 0 Å². The number of ether oxygens (including phenoxy) is 3. The molecule has 0 spiro atoms. The molecule has 23 heavy (non-hydrogen) atoms. The first-order valence-corrected chi connectivity index (χ1v) is 7.56. The molecule has 0 amide bonds. The Morgan fingerprint density at radius 2 is 2.35 bits per heavy atom. The zero-order chi connectivity index (χ0) is 16.4. The van der Waals surface area contributed by atoms with Gasteiger partial charge in [0, 0.05) is 0 Å². The highest BCUT2D eigenvalue weighted by Gasteiger charge is 2.28. The van der Waals surface area contributed by atoms with E-state index in [-0.39, 0.29) is 18.4 Å². The van der Waals surface area contributed by atoms with Crippen molar-refractivity contribution in [2.45, 2.75) is 26.2 Å². The second-order valence-corrected chi connectivity index (χ2v) is 5.39. The van der Waals surface area contributed by atoms with Crippen molar-refractivity contribution in [3.8, 4) is 5.75 Å². The highest BCUT2D eigenvalue weighted by atomic mass is 35.5. The minimum Gasteiger partial charge on any atom is -0.492 e. The number of hydrogen-bond acceptors (Lipinski definition) is 6. The van der Waals surface area contributed by atoms with Crippen LogP contribution in [-0.2, 0) is 22.6 Å². The number of fused-ring (bicyclic) bond motifs is 1. The summed E-state index contributed by atoms with van der Waals surface area (Å²) in [4.78, 5) is 11.6. The van der Waals surface area contributed by atoms with Crippen molar-refractivity contribution in [1.82, 2.24) is 15.0 Å². The summed E-state index contributed by atoms with van der Waals surface area (Å²) in [7, 11) is 1.31. The first-order valence-electron chi connectivity index (χ1n) is 7.18. The van der Waals surface area contributed by atoms with Crippen LogP contribution in [-0.4, -0.2) is 34.7 Å². The maximum atomic E-state index is 11.6. The average molecular weight is 338 g/mol. The van der Waals surface area contributed by atoms with Gasteiger partial charge in [-0.2, -0.15) is 0 Å². The van der Waals surface area contributed by atoms with E-state index in [1.165, 1.54) is 7.11 Å². The van der Waals surface area contributed by atoms with Crippen LogP contribution in [0.5, 0.6) is 5.75 Å². The second-order valence-electron chi connectivity index (χ2n) is 4.98. The van der Waals surface area contributed by atoms with Gasteiger partial charge in [0.05, 0.1) is 37.6 Å². The fourth-order valence-corrected chi connectivity index (χ4v) is 2.70. The first-order chi connectivity index (χ1) is 11.1. The third-order valence-corrected chi connectivity index (χ3v) is 3.90. The van der Waals surface area contributed by atoms with Gasteiger partial charge in [0.2, 0.25) is 0 Å². The number of methoxy groups -OCH3 is 1. The maximum absolute atomic E-state index is 11.6. The Balaban J connectivity index is 1.81. The van der Waals surface area contributed by atoms with Crippen LogP contribution in [0.3, 0.4) is 0 Å². The summed E-state index contributed by atoms with van der Waals surface area (Å²) in [5.41, 5.74) is 1.72. The van der Waals surface area contributed by atoms with E-state index in [4.69, 9.17) is 21.1 Å². The van der Waals surface area contributed by atoms with Crippen molar-refractivity contribution >= 4 is 17.6 Å². The molecule has 1 aliphatic heterocycles. The summed E-state index contributed by atoms with van der Waals surface area (Å²) in [6.07, 6.45) is -0.220. The van der Waals surface area contributed by atoms with Gasteiger partial charge in [0.1, 0.15) is 11.9 Å². The lowest BCUT2D eigenvalue weighted by atomic mass is 10.1. The Kier molecular flexibility index (Phi) is 4.49. The van der Waals surface area contributed by atoms with Crippen LogP contribution in [0.4, 0.5) is 0 Å². The third kappa shape index (κ3) is 3.02. The summed E-state index contributed by atoms with van der Waals surface area (Å²) in [6, 6.07) is 5.55. The van der Waals surface area contributed by atoms with E-state index in [9.17, 15) is 4.79 Å². The smallest absolute Gasteiger partial charge is 0.360 e. The van der Waals surface area contributed by atoms with Gasteiger partial charge in [0.25, 0.3) is 0 Å². The minimum atomic E-state index is -0.516. The van der Waals surface area contributed by atoms with Crippen molar-refractivity contribution in [3.05, 3.63) is 40.2 Å². The van der Waals surface area contributed by atoms with Gasteiger partial charge in [-0.1, -0.05) is 22.9 Å². The van der Waals surface area contributed by atoms with Gasteiger partial charge in [-0.05, 0) is 24.6 Å². The molecule has 0 fully saturated rings. The molecule has 1 aliphatic rings.